The van der Waals surface area contributed by atoms with E-state index in [0.717, 1.165) is 24.3 Å². The molecule has 0 saturated heterocycles. The maximum atomic E-state index is 9.06. The van der Waals surface area contributed by atoms with E-state index in [4.69, 9.17) is 5.11 Å². The Labute approximate surface area is 126 Å². The first kappa shape index (κ1) is 15.7. The highest BCUT2D eigenvalue weighted by Crippen LogP contribution is 2.21. The first-order valence-corrected chi connectivity index (χ1v) is 7.52. The molecule has 0 radical (unpaired) electrons. The lowest BCUT2D eigenvalue weighted by Gasteiger charge is -2.15. The average molecular weight is 287 g/mol. The Balaban J connectivity index is 2.04. The first-order valence-electron chi connectivity index (χ1n) is 7.52. The predicted octanol–water partition coefficient (Wildman–Crippen LogP) is 2.86. The molecule has 2 aromatic rings. The Morgan fingerprint density at radius 3 is 2.33 bits per heavy atom. The van der Waals surface area contributed by atoms with E-state index in [9.17, 15) is 0 Å². The van der Waals surface area contributed by atoms with Crippen LogP contribution in [0.3, 0.4) is 0 Å². The van der Waals surface area contributed by atoms with Gasteiger partial charge < -0.3 is 10.4 Å². The Morgan fingerprint density at radius 2 is 1.81 bits per heavy atom. The Morgan fingerprint density at radius 1 is 1.19 bits per heavy atom. The zero-order valence-corrected chi connectivity index (χ0v) is 13.3. The van der Waals surface area contributed by atoms with Crippen molar-refractivity contribution in [2.45, 2.75) is 53.4 Å². The lowest BCUT2D eigenvalue weighted by molar-refractivity contribution is 0.282. The lowest BCUT2D eigenvalue weighted by atomic mass is 10.1. The third-order valence-corrected chi connectivity index (χ3v) is 3.99. The Hall–Kier alpha value is -1.65. The summed E-state index contributed by atoms with van der Waals surface area (Å²) < 4.78 is 2.05. The highest BCUT2D eigenvalue weighted by atomic mass is 16.3. The van der Waals surface area contributed by atoms with Gasteiger partial charge in [-0.3, -0.25) is 4.68 Å². The van der Waals surface area contributed by atoms with Crippen LogP contribution in [-0.4, -0.2) is 14.9 Å². The number of nitrogens with one attached hydrogen (secondary N) is 1. The third-order valence-electron chi connectivity index (χ3n) is 3.99. The molecular weight excluding hydrogens is 262 g/mol. The van der Waals surface area contributed by atoms with Gasteiger partial charge in [-0.05, 0) is 38.8 Å². The number of hydrogen-bond donors (Lipinski definition) is 2. The molecule has 0 spiro atoms. The van der Waals surface area contributed by atoms with Crippen molar-refractivity contribution in [1.29, 1.82) is 0 Å². The van der Waals surface area contributed by atoms with Crippen LogP contribution < -0.4 is 5.32 Å². The molecule has 0 bridgehead atoms. The van der Waals surface area contributed by atoms with Crippen molar-refractivity contribution in [1.82, 2.24) is 15.1 Å². The van der Waals surface area contributed by atoms with Crippen molar-refractivity contribution in [3.8, 4) is 0 Å². The van der Waals surface area contributed by atoms with Gasteiger partial charge in [0, 0.05) is 30.4 Å². The minimum absolute atomic E-state index is 0.0959. The van der Waals surface area contributed by atoms with E-state index in [1.807, 2.05) is 12.1 Å². The summed E-state index contributed by atoms with van der Waals surface area (Å²) in [5, 5.41) is 17.2. The summed E-state index contributed by atoms with van der Waals surface area (Å²) >= 11 is 0. The molecule has 0 aliphatic rings. The number of aliphatic hydroxyl groups excluding tert-OH is 1. The lowest BCUT2D eigenvalue weighted by Crippen LogP contribution is -2.19. The number of nitrogens with zero attached hydrogens (tertiary/aromatic N) is 2. The summed E-state index contributed by atoms with van der Waals surface area (Å²) in [6.45, 7) is 10.3. The van der Waals surface area contributed by atoms with Gasteiger partial charge >= 0.3 is 0 Å². The van der Waals surface area contributed by atoms with Crippen LogP contribution in [0.1, 0.15) is 48.0 Å². The molecule has 1 atom stereocenters. The molecule has 114 valence electrons. The minimum atomic E-state index is 0.0959. The molecule has 0 fully saturated rings. The van der Waals surface area contributed by atoms with Crippen molar-refractivity contribution in [2.75, 3.05) is 0 Å². The molecule has 1 heterocycles. The molecule has 0 aliphatic heterocycles. The average Bonchev–Trinajstić information content (AvgIpc) is 2.79. The Bertz CT molecular complexity index is 587. The predicted molar refractivity (Wildman–Crippen MR) is 85.0 cm³/mol. The van der Waals surface area contributed by atoms with E-state index in [0.29, 0.717) is 0 Å². The highest BCUT2D eigenvalue weighted by Gasteiger charge is 2.16. The van der Waals surface area contributed by atoms with Gasteiger partial charge in [0.2, 0.25) is 0 Å². The quantitative estimate of drug-likeness (QED) is 0.859. The molecule has 2 N–H and O–H groups in total. The van der Waals surface area contributed by atoms with Gasteiger partial charge in [-0.2, -0.15) is 5.10 Å². The van der Waals surface area contributed by atoms with E-state index in [1.54, 1.807) is 0 Å². The molecule has 21 heavy (non-hydrogen) atoms. The molecule has 0 saturated carbocycles. The second-order valence-corrected chi connectivity index (χ2v) is 5.48. The van der Waals surface area contributed by atoms with Gasteiger partial charge in [-0.25, -0.2) is 0 Å². The fourth-order valence-corrected chi connectivity index (χ4v) is 2.78. The largest absolute Gasteiger partial charge is 0.392 e. The number of aromatic nitrogens is 2. The van der Waals surface area contributed by atoms with Crippen LogP contribution in [-0.2, 0) is 19.7 Å². The van der Waals surface area contributed by atoms with Crippen LogP contribution in [0.4, 0.5) is 0 Å². The molecular formula is C17H25N3O. The third kappa shape index (κ3) is 3.52. The van der Waals surface area contributed by atoms with Crippen molar-refractivity contribution in [3.63, 3.8) is 0 Å². The fourth-order valence-electron chi connectivity index (χ4n) is 2.78. The van der Waals surface area contributed by atoms with E-state index < -0.39 is 0 Å². The van der Waals surface area contributed by atoms with Crippen LogP contribution in [0.5, 0.6) is 0 Å². The van der Waals surface area contributed by atoms with Crippen molar-refractivity contribution >= 4 is 0 Å². The summed E-state index contributed by atoms with van der Waals surface area (Å²) in [5.74, 6) is 0. The van der Waals surface area contributed by atoms with Crippen LogP contribution in [0.15, 0.2) is 24.3 Å². The van der Waals surface area contributed by atoms with Gasteiger partial charge in [0.15, 0.2) is 0 Å². The summed E-state index contributed by atoms with van der Waals surface area (Å²) in [7, 11) is 0. The van der Waals surface area contributed by atoms with E-state index >= 15 is 0 Å². The molecule has 1 aromatic carbocycles. The molecule has 1 unspecified atom stereocenters. The van der Waals surface area contributed by atoms with Crippen molar-refractivity contribution < 1.29 is 5.11 Å². The molecule has 0 aliphatic carbocycles. The van der Waals surface area contributed by atoms with Crippen LogP contribution in [0, 0.1) is 13.8 Å². The van der Waals surface area contributed by atoms with Gasteiger partial charge in [-0.1, -0.05) is 24.3 Å². The number of aliphatic hydroxyl groups is 1. The van der Waals surface area contributed by atoms with E-state index in [2.05, 4.69) is 54.9 Å². The van der Waals surface area contributed by atoms with Gasteiger partial charge in [0.1, 0.15) is 0 Å². The number of aryl methyl sites for hydroxylation is 2. The molecule has 4 heteroatoms. The maximum Gasteiger partial charge on any atom is 0.0681 e. The van der Waals surface area contributed by atoms with Gasteiger partial charge in [0.25, 0.3) is 0 Å². The van der Waals surface area contributed by atoms with Crippen LogP contribution in [0.25, 0.3) is 0 Å². The summed E-state index contributed by atoms with van der Waals surface area (Å²) in [4.78, 5) is 0. The van der Waals surface area contributed by atoms with Crippen molar-refractivity contribution in [3.05, 3.63) is 52.3 Å². The van der Waals surface area contributed by atoms with Crippen LogP contribution >= 0.6 is 0 Å². The SMILES string of the molecule is CCn1nc(C)c(C(C)NCc2ccc(CO)cc2)c1C. The number of benzene rings is 1. The van der Waals surface area contributed by atoms with Crippen LogP contribution in [0.2, 0.25) is 0 Å². The normalized spacial score (nSPS) is 12.6. The van der Waals surface area contributed by atoms with E-state index in [-0.39, 0.29) is 12.6 Å². The smallest absolute Gasteiger partial charge is 0.0681 e. The molecule has 2 rings (SSSR count). The number of hydrogen-bond acceptors (Lipinski definition) is 3. The molecule has 0 amide bonds. The zero-order valence-electron chi connectivity index (χ0n) is 13.3. The highest BCUT2D eigenvalue weighted by molar-refractivity contribution is 5.28. The van der Waals surface area contributed by atoms with Gasteiger partial charge in [-0.15, -0.1) is 0 Å². The van der Waals surface area contributed by atoms with E-state index in [1.165, 1.54) is 16.8 Å². The standard InChI is InChI=1S/C17H25N3O/c1-5-20-14(4)17(13(3)19-20)12(2)18-10-15-6-8-16(11-21)9-7-15/h6-9,12,18,21H,5,10-11H2,1-4H3. The maximum absolute atomic E-state index is 9.06. The zero-order chi connectivity index (χ0) is 15.4. The van der Waals surface area contributed by atoms with Crippen molar-refractivity contribution in [2.24, 2.45) is 0 Å². The summed E-state index contributed by atoms with van der Waals surface area (Å²) in [6, 6.07) is 8.31. The minimum Gasteiger partial charge on any atom is -0.392 e. The molecule has 1 aromatic heterocycles. The summed E-state index contributed by atoms with van der Waals surface area (Å²) in [6.07, 6.45) is 0. The fraction of sp³-hybridized carbons (Fsp3) is 0.471. The van der Waals surface area contributed by atoms with Gasteiger partial charge in [0.05, 0.1) is 12.3 Å². The first-order chi connectivity index (χ1) is 10.1. The summed E-state index contributed by atoms with van der Waals surface area (Å²) in [5.41, 5.74) is 5.80. The topological polar surface area (TPSA) is 50.1 Å². The molecule has 4 nitrogen and oxygen atoms in total. The number of rotatable bonds is 6. The second-order valence-electron chi connectivity index (χ2n) is 5.48. The Kier molecular flexibility index (Phi) is 5.15. The monoisotopic (exact) mass is 287 g/mol. The second kappa shape index (κ2) is 6.87.